The van der Waals surface area contributed by atoms with Gasteiger partial charge in [-0.25, -0.2) is 0 Å². The largest absolute Gasteiger partial charge is 0.414 e. The van der Waals surface area contributed by atoms with Crippen molar-refractivity contribution in [1.82, 2.24) is 0 Å². The van der Waals surface area contributed by atoms with Crippen molar-refractivity contribution in [3.8, 4) is 0 Å². The zero-order valence-electron chi connectivity index (χ0n) is 13.0. The van der Waals surface area contributed by atoms with Gasteiger partial charge in [-0.2, -0.15) is 0 Å². The van der Waals surface area contributed by atoms with Crippen LogP contribution in [0.3, 0.4) is 0 Å². The Kier molecular flexibility index (Phi) is 4.27. The average molecular weight is 296 g/mol. The Morgan fingerprint density at radius 1 is 0.905 bits per heavy atom. The fraction of sp³-hybridized carbons (Fsp3) is 0.368. The Morgan fingerprint density at radius 3 is 1.90 bits per heavy atom. The second kappa shape index (κ2) is 6.16. The van der Waals surface area contributed by atoms with Gasteiger partial charge >= 0.3 is 0 Å². The molecule has 110 valence electrons. The molecular weight excluding hydrogens is 272 g/mol. The van der Waals surface area contributed by atoms with Gasteiger partial charge in [-0.15, -0.1) is 0 Å². The van der Waals surface area contributed by atoms with Crippen molar-refractivity contribution in [3.63, 3.8) is 0 Å². The smallest absolute Gasteiger partial charge is 0.187 e. The van der Waals surface area contributed by atoms with Crippen molar-refractivity contribution in [2.24, 2.45) is 0 Å². The molecule has 0 N–H and O–H groups in total. The van der Waals surface area contributed by atoms with Gasteiger partial charge in [-0.3, -0.25) is 0 Å². The zero-order chi connectivity index (χ0) is 14.7. The minimum atomic E-state index is -1.48. The molecule has 21 heavy (non-hydrogen) atoms. The van der Waals surface area contributed by atoms with Gasteiger partial charge in [0.25, 0.3) is 0 Å². The van der Waals surface area contributed by atoms with Gasteiger partial charge in [0.1, 0.15) is 0 Å². The lowest BCUT2D eigenvalue weighted by Crippen LogP contribution is -2.42. The van der Waals surface area contributed by atoms with E-state index in [1.807, 2.05) is 0 Å². The highest BCUT2D eigenvalue weighted by molar-refractivity contribution is 6.71. The normalized spacial score (nSPS) is 21.4. The summed E-state index contributed by atoms with van der Waals surface area (Å²) in [6, 6.07) is 23.0. The van der Waals surface area contributed by atoms with E-state index in [0.29, 0.717) is 12.0 Å². The van der Waals surface area contributed by atoms with Gasteiger partial charge in [0.05, 0.1) is 6.10 Å². The molecule has 0 spiro atoms. The van der Waals surface area contributed by atoms with E-state index >= 15 is 0 Å². The predicted octanol–water partition coefficient (Wildman–Crippen LogP) is 5.20. The molecule has 1 heterocycles. The molecule has 1 fully saturated rings. The van der Waals surface area contributed by atoms with Crippen LogP contribution in [0.25, 0.3) is 0 Å². The van der Waals surface area contributed by atoms with Gasteiger partial charge in [-0.05, 0) is 36.7 Å². The first-order valence-electron chi connectivity index (χ1n) is 7.93. The minimum absolute atomic E-state index is 0.324. The molecule has 0 radical (unpaired) electrons. The summed E-state index contributed by atoms with van der Waals surface area (Å²) in [5, 5.41) is 0. The lowest BCUT2D eigenvalue weighted by Gasteiger charge is -2.39. The van der Waals surface area contributed by atoms with Crippen LogP contribution < -0.4 is 0 Å². The van der Waals surface area contributed by atoms with Crippen molar-refractivity contribution in [2.75, 3.05) is 0 Å². The third-order valence-corrected chi connectivity index (χ3v) is 6.93. The van der Waals surface area contributed by atoms with E-state index in [0.717, 1.165) is 0 Å². The standard InChI is InChI=1S/C19H24OSi/c1-21(2)15-9-14-18(20-21)19(16-10-5-3-6-11-16)17-12-7-4-8-13-17/h3-8,10-13,18-19H,9,14-15H2,1-2H3. The van der Waals surface area contributed by atoms with Gasteiger partial charge in [0.2, 0.25) is 0 Å². The highest BCUT2D eigenvalue weighted by Crippen LogP contribution is 2.37. The number of benzene rings is 2. The number of hydrogen-bond acceptors (Lipinski definition) is 1. The first-order chi connectivity index (χ1) is 10.2. The highest BCUT2D eigenvalue weighted by atomic mass is 28.4. The fourth-order valence-corrected chi connectivity index (χ4v) is 5.68. The summed E-state index contributed by atoms with van der Waals surface area (Å²) in [5.41, 5.74) is 2.75. The lowest BCUT2D eigenvalue weighted by molar-refractivity contribution is 0.144. The molecule has 1 unspecified atom stereocenters. The summed E-state index contributed by atoms with van der Waals surface area (Å²) < 4.78 is 6.58. The topological polar surface area (TPSA) is 9.23 Å². The van der Waals surface area contributed by atoms with Crippen LogP contribution in [0.5, 0.6) is 0 Å². The second-order valence-corrected chi connectivity index (χ2v) is 10.9. The van der Waals surface area contributed by atoms with Gasteiger partial charge in [-0.1, -0.05) is 67.1 Å². The van der Waals surface area contributed by atoms with E-state index in [1.54, 1.807) is 0 Å². The Balaban J connectivity index is 1.97. The maximum Gasteiger partial charge on any atom is 0.187 e. The quantitative estimate of drug-likeness (QED) is 0.707. The van der Waals surface area contributed by atoms with Gasteiger partial charge in [0, 0.05) is 5.92 Å². The van der Waals surface area contributed by atoms with Crippen LogP contribution in [0, 0.1) is 0 Å². The minimum Gasteiger partial charge on any atom is -0.414 e. The molecule has 2 aromatic rings. The summed E-state index contributed by atoms with van der Waals surface area (Å²) in [6.45, 7) is 4.71. The van der Waals surface area contributed by atoms with Crippen molar-refractivity contribution >= 4 is 8.32 Å². The molecule has 3 rings (SSSR count). The third-order valence-electron chi connectivity index (χ3n) is 4.43. The van der Waals surface area contributed by atoms with Crippen molar-refractivity contribution in [1.29, 1.82) is 0 Å². The molecule has 2 heteroatoms. The highest BCUT2D eigenvalue weighted by Gasteiger charge is 2.36. The molecule has 1 atom stereocenters. The molecule has 1 aliphatic heterocycles. The molecule has 0 aromatic heterocycles. The molecule has 1 nitrogen and oxygen atoms in total. The Bertz CT molecular complexity index is 525. The van der Waals surface area contributed by atoms with Crippen molar-refractivity contribution < 1.29 is 4.43 Å². The summed E-state index contributed by atoms with van der Waals surface area (Å²) in [6.07, 6.45) is 2.80. The molecule has 0 saturated carbocycles. The summed E-state index contributed by atoms with van der Waals surface area (Å²) >= 11 is 0. The van der Waals surface area contributed by atoms with Gasteiger partial charge in [0.15, 0.2) is 8.32 Å². The zero-order valence-corrected chi connectivity index (χ0v) is 14.0. The molecule has 0 aliphatic carbocycles. The number of hydrogen-bond donors (Lipinski definition) is 0. The van der Waals surface area contributed by atoms with Crippen molar-refractivity contribution in [3.05, 3.63) is 71.8 Å². The second-order valence-electron chi connectivity index (χ2n) is 6.61. The SMILES string of the molecule is C[Si]1(C)CCCC(C(c2ccccc2)c2ccccc2)O1. The van der Waals surface area contributed by atoms with E-state index in [9.17, 15) is 0 Å². The Hall–Kier alpha value is -1.38. The van der Waals surface area contributed by atoms with Crippen molar-refractivity contribution in [2.45, 2.75) is 44.0 Å². The predicted molar refractivity (Wildman–Crippen MR) is 91.1 cm³/mol. The molecule has 0 amide bonds. The first-order valence-corrected chi connectivity index (χ1v) is 11.0. The molecule has 1 saturated heterocycles. The molecule has 1 aliphatic rings. The average Bonchev–Trinajstić information content (AvgIpc) is 2.49. The van der Waals surface area contributed by atoms with E-state index in [-0.39, 0.29) is 0 Å². The summed E-state index contributed by atoms with van der Waals surface area (Å²) in [5.74, 6) is 0.361. The van der Waals surface area contributed by atoms with Crippen LogP contribution in [-0.2, 0) is 4.43 Å². The van der Waals surface area contributed by atoms with E-state index in [4.69, 9.17) is 4.43 Å². The van der Waals surface area contributed by atoms with E-state index < -0.39 is 8.32 Å². The first kappa shape index (κ1) is 14.5. The maximum absolute atomic E-state index is 6.58. The lowest BCUT2D eigenvalue weighted by atomic mass is 9.85. The third kappa shape index (κ3) is 3.45. The van der Waals surface area contributed by atoms with Crippen LogP contribution in [0.15, 0.2) is 60.7 Å². The van der Waals surface area contributed by atoms with Crippen LogP contribution in [0.1, 0.15) is 29.9 Å². The molecule has 2 aromatic carbocycles. The Morgan fingerprint density at radius 2 is 1.43 bits per heavy atom. The van der Waals surface area contributed by atoms with Crippen LogP contribution >= 0.6 is 0 Å². The number of rotatable bonds is 3. The summed E-state index contributed by atoms with van der Waals surface area (Å²) in [7, 11) is -1.48. The molecule has 0 bridgehead atoms. The molecular formula is C19H24OSi. The van der Waals surface area contributed by atoms with E-state index in [1.165, 1.54) is 30.0 Å². The van der Waals surface area contributed by atoms with Crippen LogP contribution in [0.4, 0.5) is 0 Å². The van der Waals surface area contributed by atoms with Crippen LogP contribution in [-0.4, -0.2) is 14.4 Å². The fourth-order valence-electron chi connectivity index (χ4n) is 3.43. The van der Waals surface area contributed by atoms with E-state index in [2.05, 4.69) is 73.8 Å². The van der Waals surface area contributed by atoms with Gasteiger partial charge < -0.3 is 4.43 Å². The maximum atomic E-state index is 6.58. The van der Waals surface area contributed by atoms with Crippen LogP contribution in [0.2, 0.25) is 19.1 Å². The Labute approximate surface area is 129 Å². The monoisotopic (exact) mass is 296 g/mol. The summed E-state index contributed by atoms with van der Waals surface area (Å²) in [4.78, 5) is 0.